The van der Waals surface area contributed by atoms with E-state index in [9.17, 15) is 14.4 Å². The molecule has 30 heavy (non-hydrogen) atoms. The second kappa shape index (κ2) is 7.69. The Morgan fingerprint density at radius 1 is 0.800 bits per heavy atom. The number of hydrogen-bond donors (Lipinski definition) is 1. The third-order valence-electron chi connectivity index (χ3n) is 5.86. The minimum Gasteiger partial charge on any atom is -0.293 e. The monoisotopic (exact) mass is 398 g/mol. The van der Waals surface area contributed by atoms with Crippen LogP contribution in [0.3, 0.4) is 0 Å². The van der Waals surface area contributed by atoms with E-state index in [1.165, 1.54) is 0 Å². The molecule has 0 saturated carbocycles. The summed E-state index contributed by atoms with van der Waals surface area (Å²) < 4.78 is 0. The van der Waals surface area contributed by atoms with Crippen molar-refractivity contribution in [3.8, 4) is 0 Å². The lowest BCUT2D eigenvalue weighted by atomic mass is 9.71. The van der Waals surface area contributed by atoms with Gasteiger partial charge in [0.15, 0.2) is 5.78 Å². The summed E-state index contributed by atoms with van der Waals surface area (Å²) in [5.41, 5.74) is 4.10. The minimum absolute atomic E-state index is 0.0918. The number of carbonyl (C=O) groups is 3. The predicted octanol–water partition coefficient (Wildman–Crippen LogP) is 4.02. The van der Waals surface area contributed by atoms with Crippen molar-refractivity contribution in [2.75, 3.05) is 0 Å². The Morgan fingerprint density at radius 2 is 1.27 bits per heavy atom. The third-order valence-corrected chi connectivity index (χ3v) is 5.86. The lowest BCUT2D eigenvalue weighted by Gasteiger charge is -2.37. The maximum absolute atomic E-state index is 13.6. The number of ketones is 1. The van der Waals surface area contributed by atoms with Crippen LogP contribution in [0.25, 0.3) is 0 Å². The molecule has 0 saturated heterocycles. The first-order chi connectivity index (χ1) is 14.4. The molecule has 2 atom stereocenters. The van der Waals surface area contributed by atoms with Gasteiger partial charge in [-0.25, -0.2) is 10.4 Å². The van der Waals surface area contributed by atoms with Crippen molar-refractivity contribution in [2.24, 2.45) is 0 Å². The molecule has 1 aliphatic rings. The molecular formula is C25H22N2O3. The number of fused-ring (bicyclic) bond motifs is 1. The molecular weight excluding hydrogens is 376 g/mol. The fraction of sp³-hybridized carbons (Fsp3) is 0.160. The second-order valence-electron chi connectivity index (χ2n) is 7.61. The Bertz CT molecular complexity index is 1080. The molecule has 0 radical (unpaired) electrons. The molecule has 1 N–H and O–H groups in total. The highest BCUT2D eigenvalue weighted by Crippen LogP contribution is 2.33. The van der Waals surface area contributed by atoms with E-state index in [0.29, 0.717) is 16.7 Å². The summed E-state index contributed by atoms with van der Waals surface area (Å²) in [7, 11) is 0. The Balaban J connectivity index is 1.71. The number of rotatable bonds is 6. The van der Waals surface area contributed by atoms with Gasteiger partial charge in [0.1, 0.15) is 0 Å². The highest BCUT2D eigenvalue weighted by atomic mass is 16.2. The average molecular weight is 398 g/mol. The second-order valence-corrected chi connectivity index (χ2v) is 7.61. The number of hydrogen-bond acceptors (Lipinski definition) is 4. The highest BCUT2D eigenvalue weighted by Gasteiger charge is 2.44. The van der Waals surface area contributed by atoms with Crippen LogP contribution in [0.2, 0.25) is 0 Å². The Kier molecular flexibility index (Phi) is 5.06. The van der Waals surface area contributed by atoms with Gasteiger partial charge in [-0.05, 0) is 31.5 Å². The summed E-state index contributed by atoms with van der Waals surface area (Å²) in [6.07, 6.45) is 0. The van der Waals surface area contributed by atoms with Gasteiger partial charge in [0.2, 0.25) is 0 Å². The molecule has 5 nitrogen and oxygen atoms in total. The fourth-order valence-electron chi connectivity index (χ4n) is 3.88. The van der Waals surface area contributed by atoms with E-state index >= 15 is 0 Å². The van der Waals surface area contributed by atoms with Crippen LogP contribution >= 0.6 is 0 Å². The molecule has 3 aromatic rings. The molecule has 2 amide bonds. The lowest BCUT2D eigenvalue weighted by molar-refractivity contribution is 0.0488. The van der Waals surface area contributed by atoms with Crippen LogP contribution in [0.15, 0.2) is 84.9 Å². The topological polar surface area (TPSA) is 66.5 Å². The molecule has 5 heteroatoms. The van der Waals surface area contributed by atoms with Gasteiger partial charge >= 0.3 is 0 Å². The zero-order valence-corrected chi connectivity index (χ0v) is 16.8. The number of imide groups is 1. The van der Waals surface area contributed by atoms with Crippen LogP contribution in [0.4, 0.5) is 0 Å². The molecule has 3 aromatic carbocycles. The highest BCUT2D eigenvalue weighted by molar-refractivity contribution is 6.21. The smallest absolute Gasteiger partial charge is 0.276 e. The van der Waals surface area contributed by atoms with Gasteiger partial charge in [-0.2, -0.15) is 0 Å². The third kappa shape index (κ3) is 3.13. The number of nitrogens with one attached hydrogen (secondary N) is 1. The molecule has 150 valence electrons. The zero-order chi connectivity index (χ0) is 21.3. The maximum atomic E-state index is 13.6. The summed E-state index contributed by atoms with van der Waals surface area (Å²) in [6.45, 7) is 3.66. The number of carbonyl (C=O) groups excluding carboxylic acids is 3. The number of hydrazine groups is 1. The molecule has 1 heterocycles. The number of nitrogens with zero attached hydrogens (tertiary/aromatic N) is 1. The van der Waals surface area contributed by atoms with Gasteiger partial charge in [-0.15, -0.1) is 0 Å². The standard InChI is InChI=1S/C25H22N2O3/c1-17(26-27-23(29)20-15-9-10-16-21(20)24(27)30)25(2,19-13-7-4-8-14-19)22(28)18-11-5-3-6-12-18/h3-17,26H,1-2H3/t17-,25+/m0/s1. The number of benzene rings is 3. The molecule has 0 aromatic heterocycles. The van der Waals surface area contributed by atoms with E-state index in [4.69, 9.17) is 0 Å². The molecule has 0 unspecified atom stereocenters. The van der Waals surface area contributed by atoms with E-state index in [1.807, 2.05) is 62.4 Å². The summed E-state index contributed by atoms with van der Waals surface area (Å²) in [5, 5.41) is 1.02. The minimum atomic E-state index is -1.02. The van der Waals surface area contributed by atoms with E-state index < -0.39 is 23.3 Å². The SMILES string of the molecule is C[C@H](NN1C(=O)c2ccccc2C1=O)[C@@](C)(C(=O)c1ccccc1)c1ccccc1. The van der Waals surface area contributed by atoms with E-state index in [1.54, 1.807) is 36.4 Å². The van der Waals surface area contributed by atoms with Crippen molar-refractivity contribution in [3.63, 3.8) is 0 Å². The van der Waals surface area contributed by atoms with Crippen LogP contribution in [0, 0.1) is 0 Å². The van der Waals surface area contributed by atoms with Crippen LogP contribution in [0.5, 0.6) is 0 Å². The number of Topliss-reactive ketones (excluding diaryl/α,β-unsaturated/α-hetero) is 1. The largest absolute Gasteiger partial charge is 0.293 e. The van der Waals surface area contributed by atoms with Gasteiger partial charge in [-0.1, -0.05) is 72.8 Å². The molecule has 0 spiro atoms. The van der Waals surface area contributed by atoms with Crippen molar-refractivity contribution < 1.29 is 14.4 Å². The Hall–Kier alpha value is -3.57. The average Bonchev–Trinajstić information content (AvgIpc) is 3.04. The van der Waals surface area contributed by atoms with E-state index in [0.717, 1.165) is 10.6 Å². The van der Waals surface area contributed by atoms with Crippen molar-refractivity contribution in [2.45, 2.75) is 25.3 Å². The van der Waals surface area contributed by atoms with Gasteiger partial charge in [0.25, 0.3) is 11.8 Å². The first kappa shape index (κ1) is 19.7. The van der Waals surface area contributed by atoms with E-state index in [-0.39, 0.29) is 5.78 Å². The van der Waals surface area contributed by atoms with Crippen molar-refractivity contribution >= 4 is 17.6 Å². The van der Waals surface area contributed by atoms with Crippen LogP contribution in [-0.2, 0) is 5.41 Å². The van der Waals surface area contributed by atoms with Gasteiger partial charge in [0, 0.05) is 11.6 Å². The lowest BCUT2D eigenvalue weighted by Crippen LogP contribution is -2.57. The predicted molar refractivity (Wildman–Crippen MR) is 114 cm³/mol. The van der Waals surface area contributed by atoms with Crippen LogP contribution in [0.1, 0.15) is 50.5 Å². The Labute approximate surface area is 175 Å². The van der Waals surface area contributed by atoms with Gasteiger partial charge in [-0.3, -0.25) is 14.4 Å². The van der Waals surface area contributed by atoms with E-state index in [2.05, 4.69) is 5.43 Å². The molecule has 4 rings (SSSR count). The molecule has 0 bridgehead atoms. The Morgan fingerprint density at radius 3 is 1.80 bits per heavy atom. The first-order valence-electron chi connectivity index (χ1n) is 9.84. The summed E-state index contributed by atoms with van der Waals surface area (Å²) >= 11 is 0. The number of amides is 2. The van der Waals surface area contributed by atoms with Gasteiger partial charge in [0.05, 0.1) is 16.5 Å². The van der Waals surface area contributed by atoms with Crippen LogP contribution in [-0.4, -0.2) is 28.6 Å². The molecule has 0 aliphatic carbocycles. The summed E-state index contributed by atoms with van der Waals surface area (Å²) in [5.74, 6) is -0.916. The quantitative estimate of drug-likeness (QED) is 0.503. The fourth-order valence-corrected chi connectivity index (χ4v) is 3.88. The van der Waals surface area contributed by atoms with Gasteiger partial charge < -0.3 is 0 Å². The zero-order valence-electron chi connectivity index (χ0n) is 16.8. The first-order valence-corrected chi connectivity index (χ1v) is 9.84. The van der Waals surface area contributed by atoms with Crippen molar-refractivity contribution in [1.29, 1.82) is 0 Å². The molecule has 1 aliphatic heterocycles. The normalized spacial score (nSPS) is 16.1. The maximum Gasteiger partial charge on any atom is 0.276 e. The summed E-state index contributed by atoms with van der Waals surface area (Å²) in [6, 6.07) is 24.6. The molecule has 0 fully saturated rings. The van der Waals surface area contributed by atoms with Crippen molar-refractivity contribution in [3.05, 3.63) is 107 Å². The van der Waals surface area contributed by atoms with Crippen molar-refractivity contribution in [1.82, 2.24) is 10.4 Å². The summed E-state index contributed by atoms with van der Waals surface area (Å²) in [4.78, 5) is 39.2. The van der Waals surface area contributed by atoms with Crippen LogP contribution < -0.4 is 5.43 Å².